The van der Waals surface area contributed by atoms with Crippen molar-refractivity contribution >= 4 is 34.2 Å². The Morgan fingerprint density at radius 3 is 2.88 bits per heavy atom. The van der Waals surface area contributed by atoms with Crippen molar-refractivity contribution in [3.8, 4) is 0 Å². The summed E-state index contributed by atoms with van der Waals surface area (Å²) in [6, 6.07) is 6.24. The highest BCUT2D eigenvalue weighted by atomic mass is 32.1. The van der Waals surface area contributed by atoms with Crippen LogP contribution in [0.5, 0.6) is 0 Å². The number of likely N-dealkylation sites (tertiary alicyclic amines) is 1. The smallest absolute Gasteiger partial charge is 0.0970 e. The number of thiol groups is 1. The van der Waals surface area contributed by atoms with Crippen molar-refractivity contribution in [3.63, 3.8) is 0 Å². The molecule has 0 atom stereocenters. The molecule has 1 aromatic heterocycles. The molecule has 0 unspecified atom stereocenters. The minimum Gasteiger partial charge on any atom is -0.306 e. The van der Waals surface area contributed by atoms with Crippen LogP contribution in [0.15, 0.2) is 23.1 Å². The van der Waals surface area contributed by atoms with Crippen molar-refractivity contribution in [2.75, 3.05) is 20.1 Å². The van der Waals surface area contributed by atoms with Gasteiger partial charge in [-0.2, -0.15) is 0 Å². The fourth-order valence-electron chi connectivity index (χ4n) is 2.36. The van der Waals surface area contributed by atoms with Crippen LogP contribution in [0.3, 0.4) is 0 Å². The Balaban J connectivity index is 1.90. The van der Waals surface area contributed by atoms with Gasteiger partial charge < -0.3 is 4.90 Å². The predicted octanol–water partition coefficient (Wildman–Crippen LogP) is 3.39. The van der Waals surface area contributed by atoms with Crippen LogP contribution in [-0.2, 0) is 0 Å². The third-order valence-electron chi connectivity index (χ3n) is 3.46. The van der Waals surface area contributed by atoms with Crippen LogP contribution in [0, 0.1) is 0 Å². The SMILES string of the molecule is CN1CCC(c2nc3cc(S)ccc3s2)CC1. The number of hydrogen-bond donors (Lipinski definition) is 1. The van der Waals surface area contributed by atoms with Gasteiger partial charge in [-0.15, -0.1) is 24.0 Å². The minimum absolute atomic E-state index is 0.659. The molecule has 0 saturated carbocycles. The Morgan fingerprint density at radius 2 is 2.12 bits per heavy atom. The zero-order valence-electron chi connectivity index (χ0n) is 9.89. The van der Waals surface area contributed by atoms with Gasteiger partial charge in [-0.1, -0.05) is 0 Å². The van der Waals surface area contributed by atoms with Crippen LogP contribution < -0.4 is 0 Å². The molecule has 2 aromatic rings. The molecule has 1 aliphatic rings. The molecule has 0 amide bonds. The lowest BCUT2D eigenvalue weighted by molar-refractivity contribution is 0.255. The number of benzene rings is 1. The number of hydrogen-bond acceptors (Lipinski definition) is 4. The molecule has 0 bridgehead atoms. The van der Waals surface area contributed by atoms with Crippen molar-refractivity contribution in [3.05, 3.63) is 23.2 Å². The van der Waals surface area contributed by atoms with Crippen molar-refractivity contribution in [1.29, 1.82) is 0 Å². The average Bonchev–Trinajstić information content (AvgIpc) is 2.72. The van der Waals surface area contributed by atoms with E-state index in [0.717, 1.165) is 10.4 Å². The van der Waals surface area contributed by atoms with E-state index in [2.05, 4.69) is 36.7 Å². The molecule has 1 saturated heterocycles. The summed E-state index contributed by atoms with van der Waals surface area (Å²) in [4.78, 5) is 8.17. The van der Waals surface area contributed by atoms with E-state index in [1.165, 1.54) is 35.6 Å². The molecule has 2 heterocycles. The maximum absolute atomic E-state index is 4.77. The van der Waals surface area contributed by atoms with Gasteiger partial charge in [0.05, 0.1) is 15.2 Å². The summed E-state index contributed by atoms with van der Waals surface area (Å²) < 4.78 is 1.29. The Labute approximate surface area is 111 Å². The summed E-state index contributed by atoms with van der Waals surface area (Å²) >= 11 is 6.22. The number of aromatic nitrogens is 1. The minimum atomic E-state index is 0.659. The molecule has 2 nitrogen and oxygen atoms in total. The maximum Gasteiger partial charge on any atom is 0.0970 e. The molecule has 0 aliphatic carbocycles. The van der Waals surface area contributed by atoms with E-state index in [4.69, 9.17) is 4.98 Å². The highest BCUT2D eigenvalue weighted by Crippen LogP contribution is 2.34. The van der Waals surface area contributed by atoms with Gasteiger partial charge in [0.2, 0.25) is 0 Å². The largest absolute Gasteiger partial charge is 0.306 e. The van der Waals surface area contributed by atoms with Gasteiger partial charge in [0, 0.05) is 10.8 Å². The molecule has 4 heteroatoms. The lowest BCUT2D eigenvalue weighted by Crippen LogP contribution is -2.29. The summed E-state index contributed by atoms with van der Waals surface area (Å²) in [5, 5.41) is 1.31. The normalized spacial score (nSPS) is 18.9. The van der Waals surface area contributed by atoms with Crippen molar-refractivity contribution < 1.29 is 0 Å². The molecule has 1 aromatic carbocycles. The second kappa shape index (κ2) is 4.59. The molecule has 1 aliphatic heterocycles. The Bertz CT molecular complexity index is 527. The summed E-state index contributed by atoms with van der Waals surface area (Å²) in [6.07, 6.45) is 2.48. The van der Waals surface area contributed by atoms with Crippen molar-refractivity contribution in [2.45, 2.75) is 23.7 Å². The average molecular weight is 264 g/mol. The van der Waals surface area contributed by atoms with Gasteiger partial charge in [0.1, 0.15) is 0 Å². The lowest BCUT2D eigenvalue weighted by atomic mass is 9.98. The van der Waals surface area contributed by atoms with Gasteiger partial charge in [-0.3, -0.25) is 0 Å². The first kappa shape index (κ1) is 11.5. The van der Waals surface area contributed by atoms with Crippen LogP contribution in [0.1, 0.15) is 23.8 Å². The van der Waals surface area contributed by atoms with E-state index in [1.54, 1.807) is 0 Å². The van der Waals surface area contributed by atoms with Crippen LogP contribution in [0.2, 0.25) is 0 Å². The third-order valence-corrected chi connectivity index (χ3v) is 4.93. The van der Waals surface area contributed by atoms with Crippen LogP contribution >= 0.6 is 24.0 Å². The second-order valence-corrected chi connectivity index (χ2v) is 6.36. The van der Waals surface area contributed by atoms with Crippen LogP contribution in [0.4, 0.5) is 0 Å². The van der Waals surface area contributed by atoms with E-state index >= 15 is 0 Å². The number of thiazole rings is 1. The van der Waals surface area contributed by atoms with E-state index in [9.17, 15) is 0 Å². The van der Waals surface area contributed by atoms with E-state index < -0.39 is 0 Å². The van der Waals surface area contributed by atoms with Gasteiger partial charge in [0.15, 0.2) is 0 Å². The van der Waals surface area contributed by atoms with Crippen molar-refractivity contribution in [2.24, 2.45) is 0 Å². The Hall–Kier alpha value is -0.580. The zero-order valence-corrected chi connectivity index (χ0v) is 11.6. The van der Waals surface area contributed by atoms with Crippen LogP contribution in [0.25, 0.3) is 10.2 Å². The topological polar surface area (TPSA) is 16.1 Å². The van der Waals surface area contributed by atoms with E-state index in [0.29, 0.717) is 5.92 Å². The first-order valence-corrected chi connectivity index (χ1v) is 7.27. The predicted molar refractivity (Wildman–Crippen MR) is 76.3 cm³/mol. The van der Waals surface area contributed by atoms with Gasteiger partial charge in [-0.05, 0) is 51.2 Å². The molecule has 3 rings (SSSR count). The standard InChI is InChI=1S/C13H16N2S2/c1-15-6-4-9(5-7-15)13-14-11-8-10(16)2-3-12(11)17-13/h2-3,8-9,16H,4-7H2,1H3. The molecule has 0 N–H and O–H groups in total. The van der Waals surface area contributed by atoms with E-state index in [-0.39, 0.29) is 0 Å². The summed E-state index contributed by atoms with van der Waals surface area (Å²) in [6.45, 7) is 2.39. The molecular weight excluding hydrogens is 248 g/mol. The quantitative estimate of drug-likeness (QED) is 0.795. The zero-order chi connectivity index (χ0) is 11.8. The first-order valence-electron chi connectivity index (χ1n) is 6.00. The first-order chi connectivity index (χ1) is 8.22. The summed E-state index contributed by atoms with van der Waals surface area (Å²) in [7, 11) is 2.20. The number of fused-ring (bicyclic) bond motifs is 1. The number of nitrogens with zero attached hydrogens (tertiary/aromatic N) is 2. The maximum atomic E-state index is 4.77. The number of piperidine rings is 1. The monoisotopic (exact) mass is 264 g/mol. The highest BCUT2D eigenvalue weighted by Gasteiger charge is 2.21. The molecule has 0 spiro atoms. The van der Waals surface area contributed by atoms with Gasteiger partial charge >= 0.3 is 0 Å². The highest BCUT2D eigenvalue weighted by molar-refractivity contribution is 7.80. The fourth-order valence-corrected chi connectivity index (χ4v) is 3.68. The van der Waals surface area contributed by atoms with Gasteiger partial charge in [0.25, 0.3) is 0 Å². The molecule has 17 heavy (non-hydrogen) atoms. The lowest BCUT2D eigenvalue weighted by Gasteiger charge is -2.27. The Kier molecular flexibility index (Phi) is 3.11. The molecule has 0 radical (unpaired) electrons. The second-order valence-electron chi connectivity index (χ2n) is 4.78. The summed E-state index contributed by atoms with van der Waals surface area (Å²) in [5.74, 6) is 0.659. The van der Waals surface area contributed by atoms with E-state index in [1.807, 2.05) is 17.4 Å². The summed E-state index contributed by atoms with van der Waals surface area (Å²) in [5.41, 5.74) is 1.11. The molecular formula is C13H16N2S2. The van der Waals surface area contributed by atoms with Gasteiger partial charge in [-0.25, -0.2) is 4.98 Å². The third kappa shape index (κ3) is 2.34. The van der Waals surface area contributed by atoms with Crippen LogP contribution in [-0.4, -0.2) is 30.0 Å². The number of rotatable bonds is 1. The van der Waals surface area contributed by atoms with Crippen molar-refractivity contribution in [1.82, 2.24) is 9.88 Å². The fraction of sp³-hybridized carbons (Fsp3) is 0.462. The Morgan fingerprint density at radius 1 is 1.35 bits per heavy atom. The molecule has 90 valence electrons. The molecule has 1 fully saturated rings.